The molecule has 1 aromatic carbocycles. The molecule has 7 heteroatoms. The first kappa shape index (κ1) is 13.0. The van der Waals surface area contributed by atoms with Gasteiger partial charge in [0.15, 0.2) is 16.5 Å². The molecule has 0 aliphatic heterocycles. The summed E-state index contributed by atoms with van der Waals surface area (Å²) in [6, 6.07) is 9.91. The van der Waals surface area contributed by atoms with Gasteiger partial charge in [0.2, 0.25) is 0 Å². The van der Waals surface area contributed by atoms with Gasteiger partial charge in [-0.1, -0.05) is 36.0 Å². The fourth-order valence-corrected chi connectivity index (χ4v) is 2.93. The molecule has 4 rings (SSSR count). The molecular weight excluding hydrogens is 296 g/mol. The minimum absolute atomic E-state index is 0.763. The van der Waals surface area contributed by atoms with Crippen LogP contribution in [0.25, 0.3) is 22.4 Å². The van der Waals surface area contributed by atoms with E-state index in [9.17, 15) is 0 Å². The van der Waals surface area contributed by atoms with E-state index in [4.69, 9.17) is 0 Å². The summed E-state index contributed by atoms with van der Waals surface area (Å²) in [4.78, 5) is 4.53. The van der Waals surface area contributed by atoms with E-state index in [0.717, 1.165) is 33.3 Å². The normalized spacial score (nSPS) is 11.3. The van der Waals surface area contributed by atoms with Gasteiger partial charge in [0.25, 0.3) is 0 Å². The number of benzene rings is 1. The van der Waals surface area contributed by atoms with Crippen LogP contribution in [0.15, 0.2) is 60.7 Å². The van der Waals surface area contributed by atoms with E-state index in [1.165, 1.54) is 0 Å². The molecule has 0 aliphatic carbocycles. The third-order valence-electron chi connectivity index (χ3n) is 3.28. The summed E-state index contributed by atoms with van der Waals surface area (Å²) in [5.41, 5.74) is 2.50. The summed E-state index contributed by atoms with van der Waals surface area (Å²) in [6.45, 7) is 3.72. The van der Waals surface area contributed by atoms with Gasteiger partial charge in [-0.3, -0.25) is 4.40 Å². The molecule has 6 nitrogen and oxygen atoms in total. The SMILES string of the molecule is C=CCSc1nnc2c3cnn(-c4ccccc4)c3ncn12. The Morgan fingerprint density at radius 3 is 2.82 bits per heavy atom. The highest BCUT2D eigenvalue weighted by Crippen LogP contribution is 2.23. The Kier molecular flexibility index (Phi) is 3.12. The maximum atomic E-state index is 4.53. The van der Waals surface area contributed by atoms with Gasteiger partial charge in [-0.15, -0.1) is 16.8 Å². The van der Waals surface area contributed by atoms with Gasteiger partial charge >= 0.3 is 0 Å². The van der Waals surface area contributed by atoms with E-state index in [0.29, 0.717) is 0 Å². The molecule has 0 amide bonds. The van der Waals surface area contributed by atoms with Gasteiger partial charge in [0.05, 0.1) is 17.3 Å². The van der Waals surface area contributed by atoms with Gasteiger partial charge in [0.1, 0.15) is 6.33 Å². The molecule has 0 fully saturated rings. The summed E-state index contributed by atoms with van der Waals surface area (Å²) in [7, 11) is 0. The van der Waals surface area contributed by atoms with Crippen molar-refractivity contribution >= 4 is 28.4 Å². The quantitative estimate of drug-likeness (QED) is 0.428. The van der Waals surface area contributed by atoms with Crippen LogP contribution in [0.2, 0.25) is 0 Å². The van der Waals surface area contributed by atoms with Crippen LogP contribution >= 0.6 is 11.8 Å². The number of hydrogen-bond acceptors (Lipinski definition) is 5. The second-order valence-corrected chi connectivity index (χ2v) is 5.64. The van der Waals surface area contributed by atoms with Crippen LogP contribution in [0.5, 0.6) is 0 Å². The molecule has 0 atom stereocenters. The monoisotopic (exact) mass is 308 g/mol. The highest BCUT2D eigenvalue weighted by atomic mass is 32.2. The summed E-state index contributed by atoms with van der Waals surface area (Å²) >= 11 is 1.57. The molecule has 22 heavy (non-hydrogen) atoms. The molecular formula is C15H12N6S. The van der Waals surface area contributed by atoms with Crippen molar-refractivity contribution < 1.29 is 0 Å². The second kappa shape index (κ2) is 5.27. The van der Waals surface area contributed by atoms with Crippen molar-refractivity contribution in [1.82, 2.24) is 29.4 Å². The van der Waals surface area contributed by atoms with E-state index in [-0.39, 0.29) is 0 Å². The lowest BCUT2D eigenvalue weighted by Gasteiger charge is -2.02. The maximum Gasteiger partial charge on any atom is 0.197 e. The lowest BCUT2D eigenvalue weighted by atomic mass is 10.3. The first-order valence-electron chi connectivity index (χ1n) is 6.75. The minimum atomic E-state index is 0.763. The number of fused-ring (bicyclic) bond motifs is 3. The lowest BCUT2D eigenvalue weighted by molar-refractivity contribution is 0.879. The lowest BCUT2D eigenvalue weighted by Crippen LogP contribution is -1.98. The van der Waals surface area contributed by atoms with Crippen LogP contribution < -0.4 is 0 Å². The molecule has 0 unspecified atom stereocenters. The fraction of sp³-hybridized carbons (Fsp3) is 0.0667. The smallest absolute Gasteiger partial charge is 0.197 e. The Bertz CT molecular complexity index is 956. The number of para-hydroxylation sites is 1. The molecule has 0 bridgehead atoms. The third-order valence-corrected chi connectivity index (χ3v) is 4.21. The zero-order chi connectivity index (χ0) is 14.9. The Labute approximate surface area is 130 Å². The fourth-order valence-electron chi connectivity index (χ4n) is 2.29. The second-order valence-electron chi connectivity index (χ2n) is 4.65. The third kappa shape index (κ3) is 1.98. The van der Waals surface area contributed by atoms with E-state index < -0.39 is 0 Å². The number of nitrogens with zero attached hydrogens (tertiary/aromatic N) is 6. The number of rotatable bonds is 4. The van der Waals surface area contributed by atoms with E-state index in [2.05, 4.69) is 26.9 Å². The summed E-state index contributed by atoms with van der Waals surface area (Å²) in [5, 5.41) is 14.6. The van der Waals surface area contributed by atoms with Crippen molar-refractivity contribution in [1.29, 1.82) is 0 Å². The number of aromatic nitrogens is 6. The minimum Gasteiger partial charge on any atom is -0.259 e. The average Bonchev–Trinajstić information content (AvgIpc) is 3.17. The van der Waals surface area contributed by atoms with Gasteiger partial charge in [-0.2, -0.15) is 5.10 Å². The molecule has 108 valence electrons. The van der Waals surface area contributed by atoms with Gasteiger partial charge in [0, 0.05) is 5.75 Å². The average molecular weight is 308 g/mol. The summed E-state index contributed by atoms with van der Waals surface area (Å²) < 4.78 is 3.69. The van der Waals surface area contributed by atoms with Crippen LogP contribution in [0.1, 0.15) is 0 Å². The van der Waals surface area contributed by atoms with Crippen molar-refractivity contribution in [3.05, 3.63) is 55.5 Å². The molecule has 0 N–H and O–H groups in total. The van der Waals surface area contributed by atoms with Crippen molar-refractivity contribution in [3.63, 3.8) is 0 Å². The molecule has 4 aromatic rings. The molecule has 0 saturated heterocycles. The van der Waals surface area contributed by atoms with Crippen LogP contribution in [0.4, 0.5) is 0 Å². The van der Waals surface area contributed by atoms with Gasteiger partial charge in [-0.05, 0) is 12.1 Å². The zero-order valence-corrected chi connectivity index (χ0v) is 12.4. The highest BCUT2D eigenvalue weighted by Gasteiger charge is 2.14. The Balaban J connectivity index is 1.90. The standard InChI is InChI=1S/C15H12N6S/c1-2-8-22-15-19-18-14-12-9-17-21(11-6-4-3-5-7-11)13(12)16-10-20(14)15/h2-7,9-10H,1,8H2. The topological polar surface area (TPSA) is 60.9 Å². The first-order chi connectivity index (χ1) is 10.9. The largest absolute Gasteiger partial charge is 0.259 e. The molecule has 0 aliphatic rings. The van der Waals surface area contributed by atoms with Crippen LogP contribution in [0.3, 0.4) is 0 Å². The van der Waals surface area contributed by atoms with Crippen molar-refractivity contribution in [2.75, 3.05) is 5.75 Å². The Morgan fingerprint density at radius 2 is 2.00 bits per heavy atom. The molecule has 0 radical (unpaired) electrons. The predicted molar refractivity (Wildman–Crippen MR) is 86.3 cm³/mol. The van der Waals surface area contributed by atoms with E-state index >= 15 is 0 Å². The first-order valence-corrected chi connectivity index (χ1v) is 7.73. The van der Waals surface area contributed by atoms with Crippen LogP contribution in [-0.4, -0.2) is 35.1 Å². The van der Waals surface area contributed by atoms with E-state index in [1.54, 1.807) is 29.0 Å². The van der Waals surface area contributed by atoms with Crippen LogP contribution in [-0.2, 0) is 0 Å². The van der Waals surface area contributed by atoms with Gasteiger partial charge in [-0.25, -0.2) is 9.67 Å². The van der Waals surface area contributed by atoms with E-state index in [1.807, 2.05) is 40.8 Å². The molecule has 3 heterocycles. The molecule has 0 spiro atoms. The Morgan fingerprint density at radius 1 is 1.14 bits per heavy atom. The maximum absolute atomic E-state index is 4.53. The summed E-state index contributed by atoms with van der Waals surface area (Å²) in [5.74, 6) is 0.780. The highest BCUT2D eigenvalue weighted by molar-refractivity contribution is 7.99. The van der Waals surface area contributed by atoms with Crippen molar-refractivity contribution in [2.24, 2.45) is 0 Å². The number of thioether (sulfide) groups is 1. The summed E-state index contributed by atoms with van der Waals surface area (Å²) in [6.07, 6.45) is 5.36. The zero-order valence-electron chi connectivity index (χ0n) is 11.6. The van der Waals surface area contributed by atoms with Crippen molar-refractivity contribution in [2.45, 2.75) is 5.16 Å². The van der Waals surface area contributed by atoms with Gasteiger partial charge < -0.3 is 0 Å². The predicted octanol–water partition coefficient (Wildman–Crippen LogP) is 2.74. The molecule has 0 saturated carbocycles. The van der Waals surface area contributed by atoms with Crippen molar-refractivity contribution in [3.8, 4) is 5.69 Å². The Hall–Kier alpha value is -2.67. The number of hydrogen-bond donors (Lipinski definition) is 0. The molecule has 3 aromatic heterocycles. The van der Waals surface area contributed by atoms with Crippen LogP contribution in [0, 0.1) is 0 Å².